The van der Waals surface area contributed by atoms with Crippen LogP contribution in [0.25, 0.3) is 0 Å². The van der Waals surface area contributed by atoms with E-state index in [-0.39, 0.29) is 30.8 Å². The fraction of sp³-hybridized carbons (Fsp3) is 0.562. The Morgan fingerprint density at radius 2 is 1.92 bits per heavy atom. The summed E-state index contributed by atoms with van der Waals surface area (Å²) in [5, 5.41) is 6.09. The van der Waals surface area contributed by atoms with E-state index in [1.54, 1.807) is 24.3 Å². The Hall–Kier alpha value is -1.31. The number of benzene rings is 1. The Morgan fingerprint density at radius 1 is 1.25 bits per heavy atom. The normalized spacial score (nSPS) is 17.9. The summed E-state index contributed by atoms with van der Waals surface area (Å²) in [7, 11) is 0. The molecule has 2 rings (SSSR count). The van der Waals surface area contributed by atoms with Gasteiger partial charge in [-0.3, -0.25) is 4.79 Å². The van der Waals surface area contributed by atoms with Gasteiger partial charge in [-0.1, -0.05) is 24.3 Å². The van der Waals surface area contributed by atoms with Gasteiger partial charge < -0.3 is 15.4 Å². The average Bonchev–Trinajstić information content (AvgIpc) is 2.53. The molecule has 0 saturated carbocycles. The van der Waals surface area contributed by atoms with Crippen LogP contribution < -0.4 is 10.6 Å². The number of nitrogens with one attached hydrogen (secondary N) is 2. The van der Waals surface area contributed by atoms with Crippen molar-refractivity contribution in [3.8, 4) is 0 Å². The van der Waals surface area contributed by atoms with E-state index in [0.717, 1.165) is 24.9 Å². The Balaban J connectivity index is 0.00000288. The first-order valence-electron chi connectivity index (χ1n) is 7.65. The quantitative estimate of drug-likeness (QED) is 0.814. The third kappa shape index (κ3) is 7.51. The Morgan fingerprint density at radius 3 is 2.50 bits per heavy atom. The predicted octanol–water partition coefficient (Wildman–Crippen LogP) is 2.80. The van der Waals surface area contributed by atoms with Crippen LogP contribution >= 0.6 is 12.4 Å². The van der Waals surface area contributed by atoms with E-state index in [2.05, 4.69) is 15.4 Å². The molecule has 1 aliphatic heterocycles. The van der Waals surface area contributed by atoms with Gasteiger partial charge in [0.15, 0.2) is 0 Å². The van der Waals surface area contributed by atoms with Gasteiger partial charge in [0.25, 0.3) is 0 Å². The molecule has 0 spiro atoms. The van der Waals surface area contributed by atoms with Gasteiger partial charge in [-0.25, -0.2) is 0 Å². The maximum atomic E-state index is 12.0. The zero-order valence-electron chi connectivity index (χ0n) is 13.2. The van der Waals surface area contributed by atoms with Crippen molar-refractivity contribution in [2.45, 2.75) is 32.2 Å². The van der Waals surface area contributed by atoms with Crippen molar-refractivity contribution in [3.63, 3.8) is 0 Å². The number of rotatable bonds is 6. The van der Waals surface area contributed by atoms with Gasteiger partial charge in [0.1, 0.15) is 6.61 Å². The first kappa shape index (κ1) is 20.7. The minimum absolute atomic E-state index is 0. The number of hydrogen-bond acceptors (Lipinski definition) is 3. The van der Waals surface area contributed by atoms with E-state index in [9.17, 15) is 18.0 Å². The molecule has 24 heavy (non-hydrogen) atoms. The number of halogens is 4. The third-order valence-corrected chi connectivity index (χ3v) is 3.69. The van der Waals surface area contributed by atoms with Crippen LogP contribution in [0.1, 0.15) is 24.0 Å². The van der Waals surface area contributed by atoms with Gasteiger partial charge in [-0.2, -0.15) is 13.2 Å². The highest BCUT2D eigenvalue weighted by atomic mass is 35.5. The fourth-order valence-electron chi connectivity index (χ4n) is 2.45. The lowest BCUT2D eigenvalue weighted by molar-refractivity contribution is -0.176. The molecule has 1 aliphatic rings. The van der Waals surface area contributed by atoms with Gasteiger partial charge in [0.2, 0.25) is 5.91 Å². The van der Waals surface area contributed by atoms with E-state index in [1.807, 2.05) is 0 Å². The molecule has 0 radical (unpaired) electrons. The van der Waals surface area contributed by atoms with E-state index in [1.165, 1.54) is 0 Å². The average molecular weight is 367 g/mol. The lowest BCUT2D eigenvalue weighted by Gasteiger charge is -2.21. The summed E-state index contributed by atoms with van der Waals surface area (Å²) in [5.41, 5.74) is 1.57. The number of carbonyl (C=O) groups is 1. The van der Waals surface area contributed by atoms with Crippen LogP contribution in [0.15, 0.2) is 24.3 Å². The van der Waals surface area contributed by atoms with Gasteiger partial charge in [-0.15, -0.1) is 12.4 Å². The summed E-state index contributed by atoms with van der Waals surface area (Å²) in [5.74, 6) is 0.0496. The first-order chi connectivity index (χ1) is 10.9. The summed E-state index contributed by atoms with van der Waals surface area (Å²) < 4.78 is 40.5. The number of ether oxygens (including phenoxy) is 1. The zero-order chi connectivity index (χ0) is 16.7. The summed E-state index contributed by atoms with van der Waals surface area (Å²) in [4.78, 5) is 12.0. The minimum Gasteiger partial charge on any atom is -0.367 e. The molecule has 1 saturated heterocycles. The third-order valence-electron chi connectivity index (χ3n) is 3.69. The van der Waals surface area contributed by atoms with E-state index in [0.29, 0.717) is 18.7 Å². The molecule has 0 bridgehead atoms. The zero-order valence-corrected chi connectivity index (χ0v) is 14.0. The van der Waals surface area contributed by atoms with Gasteiger partial charge in [0.05, 0.1) is 12.5 Å². The van der Waals surface area contributed by atoms with Crippen molar-refractivity contribution < 1.29 is 22.7 Å². The molecule has 1 atom stereocenters. The molecule has 1 amide bonds. The number of carbonyl (C=O) groups excluding carboxylic acids is 1. The van der Waals surface area contributed by atoms with Gasteiger partial charge in [-0.05, 0) is 30.5 Å². The van der Waals surface area contributed by atoms with Crippen LogP contribution in [-0.4, -0.2) is 31.8 Å². The molecule has 1 unspecified atom stereocenters. The Bertz CT molecular complexity index is 503. The summed E-state index contributed by atoms with van der Waals surface area (Å²) in [6.07, 6.45) is -2.41. The Labute approximate surface area is 145 Å². The maximum Gasteiger partial charge on any atom is 0.411 e. The van der Waals surface area contributed by atoms with Crippen molar-refractivity contribution in [2.75, 3.05) is 19.7 Å². The highest BCUT2D eigenvalue weighted by Crippen LogP contribution is 2.16. The topological polar surface area (TPSA) is 50.4 Å². The largest absolute Gasteiger partial charge is 0.411 e. The van der Waals surface area contributed by atoms with Crippen molar-refractivity contribution in [1.29, 1.82) is 0 Å². The second-order valence-corrected chi connectivity index (χ2v) is 5.69. The van der Waals surface area contributed by atoms with Crippen LogP contribution in [-0.2, 0) is 22.7 Å². The first-order valence-corrected chi connectivity index (χ1v) is 7.65. The molecule has 2 N–H and O–H groups in total. The molecule has 136 valence electrons. The number of hydrogen-bond donors (Lipinski definition) is 2. The summed E-state index contributed by atoms with van der Waals surface area (Å²) >= 11 is 0. The second kappa shape index (κ2) is 9.86. The highest BCUT2D eigenvalue weighted by Gasteiger charge is 2.27. The van der Waals surface area contributed by atoms with Crippen molar-refractivity contribution >= 4 is 18.3 Å². The van der Waals surface area contributed by atoms with Crippen LogP contribution in [0.2, 0.25) is 0 Å². The second-order valence-electron chi connectivity index (χ2n) is 5.69. The molecular formula is C16H22ClF3N2O2. The van der Waals surface area contributed by atoms with Gasteiger partial charge in [0, 0.05) is 13.1 Å². The minimum atomic E-state index is -4.31. The predicted molar refractivity (Wildman–Crippen MR) is 86.8 cm³/mol. The van der Waals surface area contributed by atoms with E-state index in [4.69, 9.17) is 0 Å². The van der Waals surface area contributed by atoms with Gasteiger partial charge >= 0.3 is 6.18 Å². The molecule has 8 heteroatoms. The summed E-state index contributed by atoms with van der Waals surface area (Å²) in [6, 6.07) is 6.98. The maximum absolute atomic E-state index is 12.0. The molecule has 1 aromatic rings. The van der Waals surface area contributed by atoms with Crippen LogP contribution in [0.4, 0.5) is 13.2 Å². The molecule has 1 aromatic carbocycles. The number of alkyl halides is 3. The highest BCUT2D eigenvalue weighted by molar-refractivity contribution is 5.85. The monoisotopic (exact) mass is 366 g/mol. The molecule has 0 aliphatic carbocycles. The van der Waals surface area contributed by atoms with E-state index >= 15 is 0 Å². The molecule has 1 heterocycles. The summed E-state index contributed by atoms with van der Waals surface area (Å²) in [6.45, 7) is 0.752. The fourth-order valence-corrected chi connectivity index (χ4v) is 2.45. The number of amides is 1. The molecular weight excluding hydrogens is 345 g/mol. The van der Waals surface area contributed by atoms with Crippen LogP contribution in [0.3, 0.4) is 0 Å². The Kier molecular flexibility index (Phi) is 8.52. The SMILES string of the molecule is Cl.O=C(NCc1ccc(COCC(F)(F)F)cc1)C1CCCNC1. The van der Waals surface area contributed by atoms with Crippen molar-refractivity contribution in [3.05, 3.63) is 35.4 Å². The number of piperidine rings is 1. The smallest absolute Gasteiger partial charge is 0.367 e. The van der Waals surface area contributed by atoms with Crippen LogP contribution in [0, 0.1) is 5.92 Å². The van der Waals surface area contributed by atoms with Crippen molar-refractivity contribution in [2.24, 2.45) is 5.92 Å². The lowest BCUT2D eigenvalue weighted by atomic mass is 9.99. The van der Waals surface area contributed by atoms with E-state index < -0.39 is 12.8 Å². The van der Waals surface area contributed by atoms with Crippen LogP contribution in [0.5, 0.6) is 0 Å². The lowest BCUT2D eigenvalue weighted by Crippen LogP contribution is -2.40. The van der Waals surface area contributed by atoms with Crippen molar-refractivity contribution in [1.82, 2.24) is 10.6 Å². The standard InChI is InChI=1S/C16H21F3N2O2.ClH/c17-16(18,19)11-23-10-13-5-3-12(4-6-13)8-21-15(22)14-2-1-7-20-9-14;/h3-6,14,20H,1-2,7-11H2,(H,21,22);1H. The molecule has 4 nitrogen and oxygen atoms in total. The molecule has 1 fully saturated rings. The molecule has 0 aromatic heterocycles.